The largest absolute Gasteiger partial charge is 0.497 e. The van der Waals surface area contributed by atoms with Gasteiger partial charge in [-0.3, -0.25) is 14.5 Å². The second kappa shape index (κ2) is 12.3. The van der Waals surface area contributed by atoms with Crippen LogP contribution in [-0.4, -0.2) is 44.0 Å². The van der Waals surface area contributed by atoms with Crippen LogP contribution in [0, 0.1) is 0 Å². The number of amides is 2. The number of aromatic amines is 1. The van der Waals surface area contributed by atoms with Crippen LogP contribution in [0.2, 0.25) is 0 Å². The van der Waals surface area contributed by atoms with Crippen molar-refractivity contribution in [2.75, 3.05) is 31.0 Å². The number of aromatic nitrogens is 1. The van der Waals surface area contributed by atoms with E-state index in [1.165, 1.54) is 6.42 Å². The Hall–Kier alpha value is -4.26. The number of nitrogens with one attached hydrogen (secondary N) is 2. The van der Waals surface area contributed by atoms with Crippen molar-refractivity contribution in [2.24, 2.45) is 0 Å². The topological polar surface area (TPSA) is 77.7 Å². The molecule has 7 nitrogen and oxygen atoms in total. The Balaban J connectivity index is 1.58. The van der Waals surface area contributed by atoms with Gasteiger partial charge in [-0.05, 0) is 54.3 Å². The molecule has 1 aromatic heterocycles. The molecule has 1 saturated carbocycles. The first-order valence-corrected chi connectivity index (χ1v) is 14.0. The summed E-state index contributed by atoms with van der Waals surface area (Å²) >= 11 is 0. The van der Waals surface area contributed by atoms with Crippen molar-refractivity contribution < 1.29 is 14.3 Å². The zero-order chi connectivity index (χ0) is 28.1. The number of hydrogen-bond acceptors (Lipinski definition) is 4. The van der Waals surface area contributed by atoms with Crippen LogP contribution in [0.1, 0.15) is 49.3 Å². The molecule has 1 aliphatic carbocycles. The molecule has 1 aliphatic rings. The number of fused-ring (bicyclic) bond motifs is 1. The monoisotopic (exact) mass is 538 g/mol. The van der Waals surface area contributed by atoms with E-state index in [1.807, 2.05) is 98.0 Å². The molecular formula is C33H38N4O3. The number of methoxy groups -OCH3 is 1. The lowest BCUT2D eigenvalue weighted by atomic mass is 9.94. The molecule has 3 aromatic carbocycles. The molecule has 0 radical (unpaired) electrons. The van der Waals surface area contributed by atoms with Crippen molar-refractivity contribution in [3.63, 3.8) is 0 Å². The van der Waals surface area contributed by atoms with Crippen molar-refractivity contribution in [3.05, 3.63) is 90.1 Å². The average molecular weight is 539 g/mol. The minimum absolute atomic E-state index is 0.112. The third-order valence-electron chi connectivity index (χ3n) is 7.80. The van der Waals surface area contributed by atoms with Crippen LogP contribution in [0.5, 0.6) is 5.75 Å². The molecule has 208 valence electrons. The molecule has 7 heteroatoms. The molecule has 5 rings (SSSR count). The first-order chi connectivity index (χ1) is 19.4. The summed E-state index contributed by atoms with van der Waals surface area (Å²) in [6.07, 6.45) is 7.35. The third kappa shape index (κ3) is 5.98. The summed E-state index contributed by atoms with van der Waals surface area (Å²) < 4.78 is 5.51. The maximum Gasteiger partial charge on any atom is 0.248 e. The molecule has 0 saturated heterocycles. The van der Waals surface area contributed by atoms with E-state index in [-0.39, 0.29) is 24.3 Å². The van der Waals surface area contributed by atoms with Crippen molar-refractivity contribution in [1.82, 2.24) is 10.3 Å². The highest BCUT2D eigenvalue weighted by Gasteiger charge is 2.34. The first-order valence-electron chi connectivity index (χ1n) is 14.0. The molecular weight excluding hydrogens is 500 g/mol. The van der Waals surface area contributed by atoms with Gasteiger partial charge in [-0.15, -0.1) is 0 Å². The van der Waals surface area contributed by atoms with Gasteiger partial charge in [-0.25, -0.2) is 0 Å². The highest BCUT2D eigenvalue weighted by Crippen LogP contribution is 2.33. The number of hydrogen-bond donors (Lipinski definition) is 2. The Morgan fingerprint density at radius 1 is 0.950 bits per heavy atom. The summed E-state index contributed by atoms with van der Waals surface area (Å²) in [7, 11) is 5.57. The van der Waals surface area contributed by atoms with E-state index in [2.05, 4.69) is 10.3 Å². The van der Waals surface area contributed by atoms with E-state index in [1.54, 1.807) is 12.0 Å². The van der Waals surface area contributed by atoms with Gasteiger partial charge < -0.3 is 19.9 Å². The predicted octanol–water partition coefficient (Wildman–Crippen LogP) is 6.01. The van der Waals surface area contributed by atoms with Crippen LogP contribution in [0.4, 0.5) is 11.4 Å². The fraction of sp³-hybridized carbons (Fsp3) is 0.333. The first kappa shape index (κ1) is 27.3. The van der Waals surface area contributed by atoms with Gasteiger partial charge in [0.25, 0.3) is 0 Å². The number of para-hydroxylation sites is 1. The van der Waals surface area contributed by atoms with Gasteiger partial charge in [-0.1, -0.05) is 55.7 Å². The Labute approximate surface area is 236 Å². The summed E-state index contributed by atoms with van der Waals surface area (Å²) in [5.41, 5.74) is 4.26. The van der Waals surface area contributed by atoms with Crippen LogP contribution < -0.4 is 19.9 Å². The van der Waals surface area contributed by atoms with Gasteiger partial charge in [0.2, 0.25) is 11.8 Å². The van der Waals surface area contributed by atoms with Crippen LogP contribution in [0.3, 0.4) is 0 Å². The maximum atomic E-state index is 14.3. The molecule has 0 bridgehead atoms. The standard InChI is InChI=1S/C33H38N4O3/c1-36(2)26-18-16-23(17-19-26)32(33(39)35-25-10-5-4-6-11-25)37(27-12-9-13-28(21-27)40-3)31(38)20-24-22-34-30-15-8-7-14-29(24)30/h7-9,12-19,21-22,25,32,34H,4-6,10-11,20H2,1-3H3,(H,35,39)/t32-/m0/s1. The second-order valence-electron chi connectivity index (χ2n) is 10.7. The highest BCUT2D eigenvalue weighted by molar-refractivity contribution is 6.03. The zero-order valence-electron chi connectivity index (χ0n) is 23.5. The normalized spacial score (nSPS) is 14.5. The maximum absolute atomic E-state index is 14.3. The number of benzene rings is 3. The highest BCUT2D eigenvalue weighted by atomic mass is 16.5. The molecule has 2 amide bonds. The van der Waals surface area contributed by atoms with Gasteiger partial charge >= 0.3 is 0 Å². The van der Waals surface area contributed by atoms with Crippen molar-refractivity contribution >= 4 is 34.1 Å². The van der Waals surface area contributed by atoms with Gasteiger partial charge in [0.05, 0.1) is 13.5 Å². The Kier molecular flexibility index (Phi) is 8.39. The lowest BCUT2D eigenvalue weighted by Gasteiger charge is -2.34. The lowest BCUT2D eigenvalue weighted by Crippen LogP contribution is -2.47. The molecule has 40 heavy (non-hydrogen) atoms. The number of carbonyl (C=O) groups excluding carboxylic acids is 2. The number of nitrogens with zero attached hydrogens (tertiary/aromatic N) is 2. The Morgan fingerprint density at radius 3 is 2.42 bits per heavy atom. The van der Waals surface area contributed by atoms with Crippen LogP contribution in [-0.2, 0) is 16.0 Å². The average Bonchev–Trinajstić information content (AvgIpc) is 3.38. The fourth-order valence-corrected chi connectivity index (χ4v) is 5.62. The third-order valence-corrected chi connectivity index (χ3v) is 7.80. The molecule has 4 aromatic rings. The molecule has 1 atom stereocenters. The van der Waals surface area contributed by atoms with Crippen molar-refractivity contribution in [3.8, 4) is 5.75 Å². The number of H-pyrrole nitrogens is 1. The van der Waals surface area contributed by atoms with E-state index in [4.69, 9.17) is 4.74 Å². The predicted molar refractivity (Wildman–Crippen MR) is 161 cm³/mol. The molecule has 2 N–H and O–H groups in total. The number of anilines is 2. The summed E-state index contributed by atoms with van der Waals surface area (Å²) in [4.78, 5) is 35.4. The molecule has 0 spiro atoms. The zero-order valence-corrected chi connectivity index (χ0v) is 23.5. The number of carbonyl (C=O) groups is 2. The van der Waals surface area contributed by atoms with E-state index < -0.39 is 6.04 Å². The van der Waals surface area contributed by atoms with Crippen LogP contribution in [0.15, 0.2) is 79.0 Å². The van der Waals surface area contributed by atoms with E-state index in [0.717, 1.165) is 53.4 Å². The van der Waals surface area contributed by atoms with E-state index in [0.29, 0.717) is 11.4 Å². The van der Waals surface area contributed by atoms with Gasteiger partial charge in [0, 0.05) is 54.7 Å². The molecule has 1 fully saturated rings. The smallest absolute Gasteiger partial charge is 0.248 e. The number of ether oxygens (including phenoxy) is 1. The van der Waals surface area contributed by atoms with Crippen LogP contribution in [0.25, 0.3) is 10.9 Å². The fourth-order valence-electron chi connectivity index (χ4n) is 5.62. The quantitative estimate of drug-likeness (QED) is 0.274. The van der Waals surface area contributed by atoms with Gasteiger partial charge in [-0.2, -0.15) is 0 Å². The summed E-state index contributed by atoms with van der Waals surface area (Å²) in [5, 5.41) is 4.30. The lowest BCUT2D eigenvalue weighted by molar-refractivity contribution is -0.127. The molecule has 0 aliphatic heterocycles. The van der Waals surface area contributed by atoms with Crippen LogP contribution >= 0.6 is 0 Å². The Morgan fingerprint density at radius 2 is 1.70 bits per heavy atom. The van der Waals surface area contributed by atoms with Gasteiger partial charge in [0.15, 0.2) is 0 Å². The summed E-state index contributed by atoms with van der Waals surface area (Å²) in [6.45, 7) is 0. The minimum Gasteiger partial charge on any atom is -0.497 e. The SMILES string of the molecule is COc1cccc(N(C(=O)Cc2c[nH]c3ccccc23)[C@H](C(=O)NC2CCCCC2)c2ccc(N(C)C)cc2)c1. The molecule has 1 heterocycles. The number of rotatable bonds is 9. The second-order valence-corrected chi connectivity index (χ2v) is 10.7. The molecule has 0 unspecified atom stereocenters. The summed E-state index contributed by atoms with van der Waals surface area (Å²) in [5.74, 6) is 0.287. The van der Waals surface area contributed by atoms with Gasteiger partial charge in [0.1, 0.15) is 11.8 Å². The minimum atomic E-state index is -0.844. The Bertz CT molecular complexity index is 1450. The summed E-state index contributed by atoms with van der Waals surface area (Å²) in [6, 6.07) is 22.5. The van der Waals surface area contributed by atoms with E-state index in [9.17, 15) is 9.59 Å². The van der Waals surface area contributed by atoms with E-state index >= 15 is 0 Å². The van der Waals surface area contributed by atoms with Crippen molar-refractivity contribution in [1.29, 1.82) is 0 Å². The van der Waals surface area contributed by atoms with Crippen molar-refractivity contribution in [2.45, 2.75) is 50.6 Å².